The van der Waals surface area contributed by atoms with Gasteiger partial charge in [0.1, 0.15) is 0 Å². The molecule has 3 nitrogen and oxygen atoms in total. The normalized spacial score (nSPS) is 12.3. The number of allylic oxidation sites excluding steroid dienone is 8. The summed E-state index contributed by atoms with van der Waals surface area (Å²) in [6.07, 6.45) is 50.1. The van der Waals surface area contributed by atoms with E-state index >= 15 is 0 Å². The quantitative estimate of drug-likeness (QED) is 0.0411. The average Bonchev–Trinajstić information content (AvgIpc) is 3.02. The summed E-state index contributed by atoms with van der Waals surface area (Å²) in [6, 6.07) is 0. The Balaban J connectivity index is 3.87. The lowest BCUT2D eigenvalue weighted by atomic mass is 10.1. The molecule has 0 aliphatic carbocycles. The van der Waals surface area contributed by atoms with E-state index in [1.165, 1.54) is 141 Å². The van der Waals surface area contributed by atoms with Crippen LogP contribution >= 0.6 is 0 Å². The van der Waals surface area contributed by atoms with Crippen LogP contribution in [0.1, 0.15) is 181 Å². The first-order valence-electron chi connectivity index (χ1n) is 19.2. The fraction of sp³-hybridized carbons (Fsp3) is 0.780. The van der Waals surface area contributed by atoms with Crippen LogP contribution in [0.15, 0.2) is 48.6 Å². The van der Waals surface area contributed by atoms with Gasteiger partial charge in [-0.2, -0.15) is 0 Å². The summed E-state index contributed by atoms with van der Waals surface area (Å²) in [7, 11) is 0. The van der Waals surface area contributed by atoms with Crippen molar-refractivity contribution >= 4 is 5.97 Å². The molecule has 0 unspecified atom stereocenters. The van der Waals surface area contributed by atoms with Gasteiger partial charge in [0, 0.05) is 6.54 Å². The van der Waals surface area contributed by atoms with Gasteiger partial charge in [0.15, 0.2) is 0 Å². The maximum Gasteiger partial charge on any atom is 0.307 e. The highest BCUT2D eigenvalue weighted by Gasteiger charge is 2.09. The van der Waals surface area contributed by atoms with E-state index in [2.05, 4.69) is 67.4 Å². The minimum absolute atomic E-state index is 0.0495. The summed E-state index contributed by atoms with van der Waals surface area (Å²) >= 11 is 0. The van der Waals surface area contributed by atoms with Gasteiger partial charge >= 0.3 is 5.97 Å². The number of hydrogen-bond donors (Lipinski definition) is 0. The smallest absolute Gasteiger partial charge is 0.307 e. The molecule has 3 heteroatoms. The van der Waals surface area contributed by atoms with Gasteiger partial charge in [-0.25, -0.2) is 0 Å². The van der Waals surface area contributed by atoms with Crippen LogP contribution in [-0.2, 0) is 9.53 Å². The van der Waals surface area contributed by atoms with E-state index < -0.39 is 0 Å². The molecule has 0 spiro atoms. The van der Waals surface area contributed by atoms with Gasteiger partial charge in [-0.1, -0.05) is 140 Å². The standard InChI is InChI=1S/C41H75NO2/c1-4-7-9-11-13-15-17-19-21-23-25-27-29-31-33-35-38-42(40-37-41(43)44-6-3)39-36-34-32-30-28-26-24-22-20-18-16-14-12-10-8-5-2/h13-16,19-22H,4-12,17-18,23-40H2,1-3H3/b15-13-,16-14-,21-19-,22-20-. The van der Waals surface area contributed by atoms with Gasteiger partial charge in [0.05, 0.1) is 13.0 Å². The zero-order valence-electron chi connectivity index (χ0n) is 29.9. The lowest BCUT2D eigenvalue weighted by Gasteiger charge is -2.22. The molecule has 0 rings (SSSR count). The third-order valence-corrected chi connectivity index (χ3v) is 8.29. The van der Waals surface area contributed by atoms with Gasteiger partial charge in [0.2, 0.25) is 0 Å². The number of hydrogen-bond acceptors (Lipinski definition) is 3. The van der Waals surface area contributed by atoms with Crippen molar-refractivity contribution in [2.75, 3.05) is 26.2 Å². The van der Waals surface area contributed by atoms with Gasteiger partial charge < -0.3 is 9.64 Å². The third kappa shape index (κ3) is 34.9. The number of nitrogens with zero attached hydrogens (tertiary/aromatic N) is 1. The molecular weight excluding hydrogens is 538 g/mol. The van der Waals surface area contributed by atoms with Crippen LogP contribution < -0.4 is 0 Å². The first kappa shape index (κ1) is 42.4. The second-order valence-corrected chi connectivity index (χ2v) is 12.6. The number of esters is 1. The summed E-state index contributed by atoms with van der Waals surface area (Å²) < 4.78 is 5.18. The van der Waals surface area contributed by atoms with E-state index in [1.807, 2.05) is 6.92 Å². The van der Waals surface area contributed by atoms with E-state index in [0.717, 1.165) is 32.5 Å². The molecule has 0 aliphatic rings. The molecule has 0 aromatic rings. The minimum atomic E-state index is -0.0495. The molecule has 256 valence electrons. The summed E-state index contributed by atoms with van der Waals surface area (Å²) in [4.78, 5) is 14.4. The highest BCUT2D eigenvalue weighted by Crippen LogP contribution is 2.12. The predicted octanol–water partition coefficient (Wildman–Crippen LogP) is 12.9. The Bertz CT molecular complexity index is 645. The second kappa shape index (κ2) is 37.6. The van der Waals surface area contributed by atoms with Crippen LogP contribution in [0.3, 0.4) is 0 Å². The van der Waals surface area contributed by atoms with Gasteiger partial charge in [-0.05, 0) is 97.1 Å². The van der Waals surface area contributed by atoms with Crippen molar-refractivity contribution in [3.63, 3.8) is 0 Å². The van der Waals surface area contributed by atoms with Crippen molar-refractivity contribution in [3.05, 3.63) is 48.6 Å². The van der Waals surface area contributed by atoms with Crippen molar-refractivity contribution in [3.8, 4) is 0 Å². The predicted molar refractivity (Wildman–Crippen MR) is 196 cm³/mol. The molecule has 0 amide bonds. The van der Waals surface area contributed by atoms with E-state index in [1.54, 1.807) is 0 Å². The highest BCUT2D eigenvalue weighted by atomic mass is 16.5. The molecule has 0 N–H and O–H groups in total. The lowest BCUT2D eigenvalue weighted by molar-refractivity contribution is -0.143. The van der Waals surface area contributed by atoms with Crippen LogP contribution in [0.25, 0.3) is 0 Å². The second-order valence-electron chi connectivity index (χ2n) is 12.6. The molecule has 0 fully saturated rings. The van der Waals surface area contributed by atoms with E-state index in [0.29, 0.717) is 13.0 Å². The summed E-state index contributed by atoms with van der Waals surface area (Å²) in [5.41, 5.74) is 0. The number of ether oxygens (including phenoxy) is 1. The van der Waals surface area contributed by atoms with E-state index in [9.17, 15) is 4.79 Å². The Kier molecular flexibility index (Phi) is 36.2. The van der Waals surface area contributed by atoms with Crippen LogP contribution in [0.4, 0.5) is 0 Å². The summed E-state index contributed by atoms with van der Waals surface area (Å²) in [6.45, 7) is 9.98. The van der Waals surface area contributed by atoms with Crippen molar-refractivity contribution in [1.29, 1.82) is 0 Å². The monoisotopic (exact) mass is 614 g/mol. The Morgan fingerprint density at radius 1 is 0.455 bits per heavy atom. The highest BCUT2D eigenvalue weighted by molar-refractivity contribution is 5.69. The SMILES string of the molecule is CCCCC/C=C\C/C=C\CCCCCCCCN(CCCCCCCC/C=C\C/C=C\CCCCC)CCC(=O)OCC. The zero-order valence-corrected chi connectivity index (χ0v) is 29.9. The van der Waals surface area contributed by atoms with Crippen molar-refractivity contribution in [2.24, 2.45) is 0 Å². The largest absolute Gasteiger partial charge is 0.466 e. The molecule has 0 radical (unpaired) electrons. The molecule has 0 bridgehead atoms. The molecular formula is C41H75NO2. The summed E-state index contributed by atoms with van der Waals surface area (Å²) in [5.74, 6) is -0.0495. The number of unbranched alkanes of at least 4 members (excludes halogenated alkanes) is 18. The topological polar surface area (TPSA) is 29.5 Å². The van der Waals surface area contributed by atoms with Gasteiger partial charge in [0.25, 0.3) is 0 Å². The Morgan fingerprint density at radius 2 is 0.818 bits per heavy atom. The first-order valence-corrected chi connectivity index (χ1v) is 19.2. The minimum Gasteiger partial charge on any atom is -0.466 e. The molecule has 0 atom stereocenters. The van der Waals surface area contributed by atoms with Crippen LogP contribution in [0.5, 0.6) is 0 Å². The maximum atomic E-state index is 11.9. The first-order chi connectivity index (χ1) is 21.7. The molecule has 44 heavy (non-hydrogen) atoms. The van der Waals surface area contributed by atoms with Gasteiger partial charge in [-0.15, -0.1) is 0 Å². The van der Waals surface area contributed by atoms with Gasteiger partial charge in [-0.3, -0.25) is 4.79 Å². The van der Waals surface area contributed by atoms with Crippen LogP contribution in [0.2, 0.25) is 0 Å². The zero-order chi connectivity index (χ0) is 32.0. The van der Waals surface area contributed by atoms with Crippen molar-refractivity contribution < 1.29 is 9.53 Å². The average molecular weight is 614 g/mol. The number of carbonyl (C=O) groups is 1. The Hall–Kier alpha value is -1.61. The lowest BCUT2D eigenvalue weighted by Crippen LogP contribution is -2.29. The molecule has 0 saturated heterocycles. The molecule has 0 heterocycles. The summed E-state index contributed by atoms with van der Waals surface area (Å²) in [5, 5.41) is 0. The molecule has 0 aromatic carbocycles. The fourth-order valence-electron chi connectivity index (χ4n) is 5.47. The van der Waals surface area contributed by atoms with Crippen LogP contribution in [-0.4, -0.2) is 37.1 Å². The number of rotatable bonds is 34. The third-order valence-electron chi connectivity index (χ3n) is 8.29. The molecule has 0 aromatic heterocycles. The fourth-order valence-corrected chi connectivity index (χ4v) is 5.47. The van der Waals surface area contributed by atoms with E-state index in [-0.39, 0.29) is 5.97 Å². The Morgan fingerprint density at radius 3 is 1.20 bits per heavy atom. The molecule has 0 saturated carbocycles. The van der Waals surface area contributed by atoms with Crippen molar-refractivity contribution in [2.45, 2.75) is 181 Å². The maximum absolute atomic E-state index is 11.9. The van der Waals surface area contributed by atoms with Crippen molar-refractivity contribution in [1.82, 2.24) is 4.90 Å². The van der Waals surface area contributed by atoms with Crippen LogP contribution in [0, 0.1) is 0 Å². The van der Waals surface area contributed by atoms with E-state index in [4.69, 9.17) is 4.74 Å². The molecule has 0 aliphatic heterocycles. The Labute approximate surface area is 276 Å². The number of carbonyl (C=O) groups excluding carboxylic acids is 1.